The average Bonchev–Trinajstić information content (AvgIpc) is 3.52. The molecule has 1 N–H and O–H groups in total. The van der Waals surface area contributed by atoms with Crippen molar-refractivity contribution >= 4 is 49.9 Å². The van der Waals surface area contributed by atoms with Crippen molar-refractivity contribution in [3.63, 3.8) is 0 Å². The zero-order valence-corrected chi connectivity index (χ0v) is 31.3. The molecule has 16 heteroatoms. The second kappa shape index (κ2) is 13.1. The van der Waals surface area contributed by atoms with Gasteiger partial charge in [0.05, 0.1) is 20.0 Å². The number of rotatable bonds is 11. The number of anilines is 1. The first kappa shape index (κ1) is 36.3. The Bertz CT molecular complexity index is 1640. The molecule has 1 aliphatic rings. The molecule has 1 fully saturated rings. The van der Waals surface area contributed by atoms with Crippen LogP contribution in [-0.4, -0.2) is 82.5 Å². The minimum Gasteiger partial charge on any atom is -0.414 e. The van der Waals surface area contributed by atoms with Crippen LogP contribution in [0.25, 0.3) is 11.2 Å². The van der Waals surface area contributed by atoms with Gasteiger partial charge in [-0.25, -0.2) is 19.1 Å². The van der Waals surface area contributed by atoms with Crippen LogP contribution in [0, 0.1) is 0 Å². The van der Waals surface area contributed by atoms with Crippen LogP contribution in [0.4, 0.5) is 5.82 Å². The van der Waals surface area contributed by atoms with E-state index < -0.39 is 51.6 Å². The Morgan fingerprint density at radius 2 is 1.59 bits per heavy atom. The number of carbonyl (C=O) groups excluding carboxylic acids is 1. The van der Waals surface area contributed by atoms with E-state index in [1.807, 2.05) is 6.07 Å². The molecule has 2 aromatic heterocycles. The number of amides is 1. The maximum atomic E-state index is 13.0. The van der Waals surface area contributed by atoms with Crippen molar-refractivity contribution in [2.45, 2.75) is 102 Å². The van der Waals surface area contributed by atoms with E-state index in [0.29, 0.717) is 16.7 Å². The molecule has 4 unspecified atom stereocenters. The van der Waals surface area contributed by atoms with Crippen molar-refractivity contribution in [2.24, 2.45) is 0 Å². The lowest BCUT2D eigenvalue weighted by atomic mass is 10.1. The first-order valence-electron chi connectivity index (χ1n) is 15.2. The van der Waals surface area contributed by atoms with Crippen molar-refractivity contribution in [3.05, 3.63) is 48.5 Å². The molecule has 1 aliphatic heterocycles. The Morgan fingerprint density at radius 1 is 0.957 bits per heavy atom. The summed E-state index contributed by atoms with van der Waals surface area (Å²) in [6.45, 7) is 21.0. The summed E-state index contributed by atoms with van der Waals surface area (Å²) in [5, 5.41) is 2.48. The van der Waals surface area contributed by atoms with E-state index in [1.54, 1.807) is 28.8 Å². The van der Waals surface area contributed by atoms with Crippen LogP contribution in [-0.2, 0) is 32.4 Å². The molecular formula is C30H47N5O8SSi2. The molecule has 0 saturated carbocycles. The quantitative estimate of drug-likeness (QED) is 0.247. The average molecular weight is 694 g/mol. The number of nitrogens with one attached hydrogen (secondary N) is 1. The highest BCUT2D eigenvalue weighted by molar-refractivity contribution is 7.81. The Morgan fingerprint density at radius 3 is 2.17 bits per heavy atom. The predicted octanol–water partition coefficient (Wildman–Crippen LogP) is 5.66. The lowest BCUT2D eigenvalue weighted by molar-refractivity contribution is -0.0468. The number of imidazole rings is 1. The zero-order chi connectivity index (χ0) is 34.3. The second-order valence-electron chi connectivity index (χ2n) is 14.5. The van der Waals surface area contributed by atoms with E-state index in [1.165, 1.54) is 12.7 Å². The van der Waals surface area contributed by atoms with E-state index >= 15 is 0 Å². The van der Waals surface area contributed by atoms with Gasteiger partial charge in [-0.15, -0.1) is 0 Å². The molecule has 0 bridgehead atoms. The molecule has 13 nitrogen and oxygen atoms in total. The Kier molecular flexibility index (Phi) is 10.4. The highest BCUT2D eigenvalue weighted by Crippen LogP contribution is 2.44. The van der Waals surface area contributed by atoms with Crippen molar-refractivity contribution in [3.8, 4) is 0 Å². The SMILES string of the molecule is COS(=O)(=O)OC1C(CO[Si](C)(C)C(C)(C)C)OC(n2cnc3c(NC(=O)c4ccccc4)ncnc32)C1O[Si](C)(C)C(C)(C)C. The molecule has 46 heavy (non-hydrogen) atoms. The zero-order valence-electron chi connectivity index (χ0n) is 28.5. The number of nitrogens with zero attached hydrogens (tertiary/aromatic N) is 4. The first-order chi connectivity index (χ1) is 21.2. The van der Waals surface area contributed by atoms with Gasteiger partial charge < -0.3 is 18.9 Å². The second-order valence-corrected chi connectivity index (χ2v) is 25.4. The van der Waals surface area contributed by atoms with Gasteiger partial charge in [0.25, 0.3) is 5.91 Å². The number of ether oxygens (including phenoxy) is 1. The third-order valence-corrected chi connectivity index (χ3v) is 19.1. The number of hydrogen-bond donors (Lipinski definition) is 1. The Labute approximate surface area is 274 Å². The number of hydrogen-bond acceptors (Lipinski definition) is 11. The van der Waals surface area contributed by atoms with Crippen LogP contribution in [0.15, 0.2) is 43.0 Å². The first-order valence-corrected chi connectivity index (χ1v) is 22.3. The number of carbonyl (C=O) groups is 1. The third-order valence-electron chi connectivity index (χ3n) is 9.27. The fraction of sp³-hybridized carbons (Fsp3) is 0.600. The predicted molar refractivity (Wildman–Crippen MR) is 180 cm³/mol. The smallest absolute Gasteiger partial charge is 0.400 e. The van der Waals surface area contributed by atoms with Crippen molar-refractivity contribution in [1.82, 2.24) is 19.5 Å². The summed E-state index contributed by atoms with van der Waals surface area (Å²) in [6.07, 6.45) is -0.976. The van der Waals surface area contributed by atoms with Gasteiger partial charge in [0.15, 0.2) is 39.8 Å². The van der Waals surface area contributed by atoms with Gasteiger partial charge in [-0.3, -0.25) is 13.5 Å². The lowest BCUT2D eigenvalue weighted by Gasteiger charge is -2.40. The normalized spacial score (nSPS) is 21.5. The molecule has 3 aromatic rings. The summed E-state index contributed by atoms with van der Waals surface area (Å²) < 4.78 is 57.7. The fourth-order valence-corrected chi connectivity index (χ4v) is 7.29. The maximum Gasteiger partial charge on any atom is 0.400 e. The monoisotopic (exact) mass is 693 g/mol. The number of aromatic nitrogens is 4. The van der Waals surface area contributed by atoms with Gasteiger partial charge in [-0.05, 0) is 48.4 Å². The molecular weight excluding hydrogens is 647 g/mol. The maximum absolute atomic E-state index is 13.0. The summed E-state index contributed by atoms with van der Waals surface area (Å²) in [5.74, 6) is -0.141. The molecule has 4 rings (SSSR count). The summed E-state index contributed by atoms with van der Waals surface area (Å²) in [7, 11) is -8.21. The molecule has 1 amide bonds. The minimum atomic E-state index is -4.41. The van der Waals surface area contributed by atoms with Gasteiger partial charge in [-0.1, -0.05) is 59.7 Å². The number of benzene rings is 1. The highest BCUT2D eigenvalue weighted by atomic mass is 32.3. The van der Waals surface area contributed by atoms with Crippen molar-refractivity contribution < 1.29 is 35.2 Å². The fourth-order valence-electron chi connectivity index (χ4n) is 4.41. The molecule has 3 heterocycles. The number of fused-ring (bicyclic) bond motifs is 1. The van der Waals surface area contributed by atoms with E-state index in [2.05, 4.69) is 88.0 Å². The summed E-state index contributed by atoms with van der Waals surface area (Å²) in [4.78, 5) is 26.2. The van der Waals surface area contributed by atoms with Gasteiger partial charge in [-0.2, -0.15) is 8.42 Å². The molecule has 1 aromatic carbocycles. The van der Waals surface area contributed by atoms with Crippen molar-refractivity contribution in [1.29, 1.82) is 0 Å². The summed E-state index contributed by atoms with van der Waals surface area (Å²) >= 11 is 0. The summed E-state index contributed by atoms with van der Waals surface area (Å²) in [5.41, 5.74) is 1.13. The van der Waals surface area contributed by atoms with Crippen LogP contribution in [0.5, 0.6) is 0 Å². The van der Waals surface area contributed by atoms with Crippen LogP contribution >= 0.6 is 0 Å². The van der Waals surface area contributed by atoms with Crippen LogP contribution in [0.3, 0.4) is 0 Å². The van der Waals surface area contributed by atoms with E-state index in [-0.39, 0.29) is 28.4 Å². The van der Waals surface area contributed by atoms with E-state index in [4.69, 9.17) is 22.0 Å². The van der Waals surface area contributed by atoms with Crippen LogP contribution < -0.4 is 5.32 Å². The van der Waals surface area contributed by atoms with Gasteiger partial charge in [0.1, 0.15) is 24.6 Å². The molecule has 4 atom stereocenters. The molecule has 0 radical (unpaired) electrons. The molecule has 1 saturated heterocycles. The standard InChI is InChI=1S/C30H47N5O8SSi2/c1-29(2,3)45(8,9)40-17-21-23(42-44(37,38)39-7)24(43-46(10,11)30(4,5)6)28(41-21)35-19-33-22-25(31-18-32-26(22)35)34-27(36)20-15-13-12-14-16-20/h12-16,18-19,21,23-24,28H,17H2,1-11H3,(H,31,32,34,36). The lowest BCUT2D eigenvalue weighted by Crippen LogP contribution is -2.50. The highest BCUT2D eigenvalue weighted by Gasteiger charge is 2.54. The van der Waals surface area contributed by atoms with Gasteiger partial charge >= 0.3 is 10.4 Å². The summed E-state index contributed by atoms with van der Waals surface area (Å²) in [6, 6.07) is 8.76. The molecule has 0 aliphatic carbocycles. The van der Waals surface area contributed by atoms with Gasteiger partial charge in [0, 0.05) is 5.56 Å². The van der Waals surface area contributed by atoms with E-state index in [0.717, 1.165) is 7.11 Å². The molecule has 254 valence electrons. The van der Waals surface area contributed by atoms with Crippen LogP contribution in [0.2, 0.25) is 36.3 Å². The van der Waals surface area contributed by atoms with Gasteiger partial charge in [0.2, 0.25) is 0 Å². The van der Waals surface area contributed by atoms with E-state index in [9.17, 15) is 13.2 Å². The van der Waals surface area contributed by atoms with Crippen molar-refractivity contribution in [2.75, 3.05) is 19.0 Å². The largest absolute Gasteiger partial charge is 0.414 e. The Hall–Kier alpha value is -2.58. The topological polar surface area (TPSA) is 153 Å². The molecule has 0 spiro atoms. The minimum absolute atomic E-state index is 0.0637. The van der Waals surface area contributed by atoms with Crippen LogP contribution in [0.1, 0.15) is 58.1 Å². The third kappa shape index (κ3) is 7.76. The Balaban J connectivity index is 1.79.